The highest BCUT2D eigenvalue weighted by molar-refractivity contribution is 5.96. The molecule has 1 amide bonds. The third-order valence-electron chi connectivity index (χ3n) is 7.61. The minimum absolute atomic E-state index is 0.00694. The van der Waals surface area contributed by atoms with Crippen LogP contribution >= 0.6 is 0 Å². The highest BCUT2D eigenvalue weighted by Crippen LogP contribution is 2.42. The van der Waals surface area contributed by atoms with E-state index < -0.39 is 0 Å². The summed E-state index contributed by atoms with van der Waals surface area (Å²) in [6.07, 6.45) is 4.93. The number of fused-ring (bicyclic) bond motifs is 4. The number of rotatable bonds is 3. The molecule has 0 saturated carbocycles. The Hall–Kier alpha value is -2.17. The monoisotopic (exact) mass is 403 g/mol. The standard InChI is InChI=1S/C26H33N3O/c1-17-22(26(30)28-18(2)19-7-4-3-5-8-19)11-10-20-12-14-29-16-21-9-6-13-27-23(21)15-24(29)25(17)20/h3-5,7-8,10-11,18,21,23-24,27H,6,9,12-16H2,1-2H3,(H,28,30)/t18-,21+,23-,24-/m1/s1. The zero-order chi connectivity index (χ0) is 20.7. The van der Waals surface area contributed by atoms with E-state index in [1.54, 1.807) is 0 Å². The molecule has 2 N–H and O–H groups in total. The van der Waals surface area contributed by atoms with Gasteiger partial charge in [0.05, 0.1) is 6.04 Å². The highest BCUT2D eigenvalue weighted by Gasteiger charge is 2.40. The van der Waals surface area contributed by atoms with Crippen LogP contribution in [-0.2, 0) is 6.42 Å². The van der Waals surface area contributed by atoms with Crippen molar-refractivity contribution in [2.24, 2.45) is 5.92 Å². The molecule has 4 heteroatoms. The largest absolute Gasteiger partial charge is 0.346 e. The van der Waals surface area contributed by atoms with E-state index in [4.69, 9.17) is 0 Å². The summed E-state index contributed by atoms with van der Waals surface area (Å²) < 4.78 is 0. The Bertz CT molecular complexity index is 925. The summed E-state index contributed by atoms with van der Waals surface area (Å²) in [5.41, 5.74) is 6.00. The SMILES string of the molecule is Cc1c(C(=O)N[C@H](C)c2ccccc2)ccc2c1[C@H]1C[C@H]3NCCC[C@H]3CN1CC2. The normalized spacial score (nSPS) is 26.8. The van der Waals surface area contributed by atoms with E-state index in [-0.39, 0.29) is 11.9 Å². The molecule has 0 aromatic heterocycles. The zero-order valence-corrected chi connectivity index (χ0v) is 18.2. The summed E-state index contributed by atoms with van der Waals surface area (Å²) in [6.45, 7) is 7.71. The number of nitrogens with zero attached hydrogens (tertiary/aromatic N) is 1. The Kier molecular flexibility index (Phi) is 5.38. The first-order valence-electron chi connectivity index (χ1n) is 11.6. The summed E-state index contributed by atoms with van der Waals surface area (Å²) >= 11 is 0. The van der Waals surface area contributed by atoms with Crippen LogP contribution in [0, 0.1) is 12.8 Å². The number of benzene rings is 2. The van der Waals surface area contributed by atoms with Crippen LogP contribution in [0.25, 0.3) is 0 Å². The molecule has 0 bridgehead atoms. The second-order valence-corrected chi connectivity index (χ2v) is 9.38. The maximum atomic E-state index is 13.2. The van der Waals surface area contributed by atoms with Gasteiger partial charge in [0.25, 0.3) is 5.91 Å². The number of hydrogen-bond donors (Lipinski definition) is 2. The van der Waals surface area contributed by atoms with Gasteiger partial charge in [-0.1, -0.05) is 36.4 Å². The van der Waals surface area contributed by atoms with E-state index in [0.29, 0.717) is 12.1 Å². The fraction of sp³-hybridized carbons (Fsp3) is 0.500. The molecule has 0 radical (unpaired) electrons. The van der Waals surface area contributed by atoms with E-state index >= 15 is 0 Å². The maximum absolute atomic E-state index is 13.2. The number of nitrogens with one attached hydrogen (secondary N) is 2. The Balaban J connectivity index is 1.41. The lowest BCUT2D eigenvalue weighted by atomic mass is 9.76. The molecule has 3 heterocycles. The van der Waals surface area contributed by atoms with Crippen molar-refractivity contribution in [2.45, 2.75) is 57.7 Å². The quantitative estimate of drug-likeness (QED) is 0.809. The van der Waals surface area contributed by atoms with Gasteiger partial charge in [-0.25, -0.2) is 0 Å². The predicted molar refractivity (Wildman–Crippen MR) is 121 cm³/mol. The van der Waals surface area contributed by atoms with Gasteiger partial charge in [-0.3, -0.25) is 9.69 Å². The van der Waals surface area contributed by atoms with Crippen molar-refractivity contribution in [1.82, 2.24) is 15.5 Å². The predicted octanol–water partition coefficient (Wildman–Crippen LogP) is 4.16. The number of amides is 1. The molecule has 3 aliphatic heterocycles. The van der Waals surface area contributed by atoms with Crippen molar-refractivity contribution in [2.75, 3.05) is 19.6 Å². The van der Waals surface area contributed by atoms with Gasteiger partial charge in [-0.15, -0.1) is 0 Å². The Morgan fingerprint density at radius 2 is 2.03 bits per heavy atom. The molecule has 4 atom stereocenters. The van der Waals surface area contributed by atoms with Crippen molar-refractivity contribution >= 4 is 5.91 Å². The van der Waals surface area contributed by atoms with E-state index in [1.165, 1.54) is 42.5 Å². The van der Waals surface area contributed by atoms with E-state index in [2.05, 4.69) is 47.6 Å². The molecule has 4 nitrogen and oxygen atoms in total. The summed E-state index contributed by atoms with van der Waals surface area (Å²) in [7, 11) is 0. The maximum Gasteiger partial charge on any atom is 0.252 e. The van der Waals surface area contributed by atoms with E-state index in [0.717, 1.165) is 36.6 Å². The second-order valence-electron chi connectivity index (χ2n) is 9.38. The first-order chi connectivity index (χ1) is 14.6. The first kappa shape index (κ1) is 19.8. The highest BCUT2D eigenvalue weighted by atomic mass is 16.1. The van der Waals surface area contributed by atoms with Crippen LogP contribution in [0.15, 0.2) is 42.5 Å². The van der Waals surface area contributed by atoms with Gasteiger partial charge < -0.3 is 10.6 Å². The van der Waals surface area contributed by atoms with Crippen LogP contribution in [-0.4, -0.2) is 36.5 Å². The fourth-order valence-corrected chi connectivity index (χ4v) is 5.96. The third kappa shape index (κ3) is 3.57. The Morgan fingerprint density at radius 3 is 2.87 bits per heavy atom. The molecule has 0 unspecified atom stereocenters. The number of hydrogen-bond acceptors (Lipinski definition) is 3. The topological polar surface area (TPSA) is 44.4 Å². The minimum Gasteiger partial charge on any atom is -0.346 e. The van der Waals surface area contributed by atoms with Crippen molar-refractivity contribution in [3.63, 3.8) is 0 Å². The fourth-order valence-electron chi connectivity index (χ4n) is 5.96. The number of carbonyl (C=O) groups excluding carboxylic acids is 1. The Morgan fingerprint density at radius 1 is 1.20 bits per heavy atom. The zero-order valence-electron chi connectivity index (χ0n) is 18.2. The lowest BCUT2D eigenvalue weighted by molar-refractivity contribution is 0.0548. The summed E-state index contributed by atoms with van der Waals surface area (Å²) in [5.74, 6) is 0.823. The van der Waals surface area contributed by atoms with Crippen LogP contribution in [0.1, 0.15) is 70.9 Å². The molecule has 3 aliphatic rings. The van der Waals surface area contributed by atoms with Gasteiger partial charge in [0.15, 0.2) is 0 Å². The summed E-state index contributed by atoms with van der Waals surface area (Å²) in [6, 6.07) is 15.5. The molecule has 0 spiro atoms. The smallest absolute Gasteiger partial charge is 0.252 e. The first-order valence-corrected chi connectivity index (χ1v) is 11.6. The summed E-state index contributed by atoms with van der Waals surface area (Å²) in [5, 5.41) is 6.99. The lowest BCUT2D eigenvalue weighted by Crippen LogP contribution is -2.54. The molecule has 0 aliphatic carbocycles. The van der Waals surface area contributed by atoms with E-state index in [1.807, 2.05) is 24.3 Å². The molecule has 5 rings (SSSR count). The van der Waals surface area contributed by atoms with Crippen LogP contribution in [0.5, 0.6) is 0 Å². The van der Waals surface area contributed by atoms with Crippen LogP contribution < -0.4 is 10.6 Å². The number of carbonyl (C=O) groups is 1. The van der Waals surface area contributed by atoms with Crippen LogP contribution in [0.3, 0.4) is 0 Å². The van der Waals surface area contributed by atoms with Gasteiger partial charge in [-0.05, 0) is 80.3 Å². The van der Waals surface area contributed by atoms with Crippen LogP contribution in [0.2, 0.25) is 0 Å². The van der Waals surface area contributed by atoms with Gasteiger partial charge >= 0.3 is 0 Å². The van der Waals surface area contributed by atoms with Gasteiger partial charge in [0.1, 0.15) is 0 Å². The number of piperidine rings is 2. The Labute approximate surface area is 180 Å². The van der Waals surface area contributed by atoms with Gasteiger partial charge in [0.2, 0.25) is 0 Å². The molecular formula is C26H33N3O. The van der Waals surface area contributed by atoms with Gasteiger partial charge in [0, 0.05) is 30.7 Å². The second kappa shape index (κ2) is 8.16. The van der Waals surface area contributed by atoms with Gasteiger partial charge in [-0.2, -0.15) is 0 Å². The molecule has 2 saturated heterocycles. The van der Waals surface area contributed by atoms with Crippen molar-refractivity contribution in [3.05, 3.63) is 70.3 Å². The average molecular weight is 404 g/mol. The van der Waals surface area contributed by atoms with Crippen molar-refractivity contribution in [1.29, 1.82) is 0 Å². The molecule has 2 aromatic carbocycles. The van der Waals surface area contributed by atoms with E-state index in [9.17, 15) is 4.79 Å². The lowest BCUT2D eigenvalue weighted by Gasteiger charge is -2.49. The molecule has 30 heavy (non-hydrogen) atoms. The molecule has 158 valence electrons. The minimum atomic E-state index is -0.00694. The third-order valence-corrected chi connectivity index (χ3v) is 7.61. The van der Waals surface area contributed by atoms with Crippen molar-refractivity contribution in [3.8, 4) is 0 Å². The van der Waals surface area contributed by atoms with Crippen molar-refractivity contribution < 1.29 is 4.79 Å². The average Bonchev–Trinajstić information content (AvgIpc) is 2.78. The molecule has 2 aromatic rings. The van der Waals surface area contributed by atoms with Crippen LogP contribution in [0.4, 0.5) is 0 Å². The molecule has 2 fully saturated rings. The molecular weight excluding hydrogens is 370 g/mol. The summed E-state index contributed by atoms with van der Waals surface area (Å²) in [4.78, 5) is 15.9.